The summed E-state index contributed by atoms with van der Waals surface area (Å²) in [4.78, 5) is 36.6. The monoisotopic (exact) mass is 427 g/mol. The standard InChI is InChI=1S/C23H17N5O2S/c1-14-18(22(30)26-16-7-3-2-4-8-16)11-15(12-24)23(25-14)31-13-20-27-19-10-6-5-9-17(19)21(29)28-20/h2-11H,13H2,1H3,(H,26,30)(H,27,28,29). The van der Waals surface area contributed by atoms with Gasteiger partial charge in [-0.3, -0.25) is 9.59 Å². The van der Waals surface area contributed by atoms with Crippen molar-refractivity contribution in [2.45, 2.75) is 17.7 Å². The smallest absolute Gasteiger partial charge is 0.258 e. The van der Waals surface area contributed by atoms with Crippen molar-refractivity contribution in [3.05, 3.63) is 93.7 Å². The largest absolute Gasteiger partial charge is 0.322 e. The summed E-state index contributed by atoms with van der Waals surface area (Å²) >= 11 is 1.28. The molecule has 0 atom stereocenters. The fraction of sp³-hybridized carbons (Fsp3) is 0.0870. The number of aromatic amines is 1. The molecule has 152 valence electrons. The van der Waals surface area contributed by atoms with Crippen molar-refractivity contribution >= 4 is 34.3 Å². The molecule has 8 heteroatoms. The first-order chi connectivity index (χ1) is 15.0. The lowest BCUT2D eigenvalue weighted by Gasteiger charge is -2.10. The number of aryl methyl sites for hydroxylation is 1. The highest BCUT2D eigenvalue weighted by Crippen LogP contribution is 2.26. The van der Waals surface area contributed by atoms with Crippen molar-refractivity contribution in [3.63, 3.8) is 0 Å². The van der Waals surface area contributed by atoms with Crippen molar-refractivity contribution in [2.24, 2.45) is 0 Å². The number of anilines is 1. The second kappa shape index (κ2) is 8.81. The predicted octanol–water partition coefficient (Wildman–Crippen LogP) is 4.04. The average Bonchev–Trinajstić information content (AvgIpc) is 2.78. The number of para-hydroxylation sites is 2. The van der Waals surface area contributed by atoms with Crippen LogP contribution in [0.4, 0.5) is 5.69 Å². The molecule has 0 saturated carbocycles. The van der Waals surface area contributed by atoms with Gasteiger partial charge >= 0.3 is 0 Å². The van der Waals surface area contributed by atoms with Crippen LogP contribution in [-0.2, 0) is 5.75 Å². The minimum absolute atomic E-state index is 0.209. The number of fused-ring (bicyclic) bond motifs is 1. The van der Waals surface area contributed by atoms with Gasteiger partial charge in [-0.1, -0.05) is 42.1 Å². The number of hydrogen-bond acceptors (Lipinski definition) is 6. The quantitative estimate of drug-likeness (QED) is 0.465. The van der Waals surface area contributed by atoms with Gasteiger partial charge in [0.1, 0.15) is 16.9 Å². The molecule has 4 rings (SSSR count). The Morgan fingerprint density at radius 2 is 1.87 bits per heavy atom. The summed E-state index contributed by atoms with van der Waals surface area (Å²) in [6.45, 7) is 1.72. The number of carbonyl (C=O) groups is 1. The Labute approximate surface area is 182 Å². The highest BCUT2D eigenvalue weighted by Gasteiger charge is 2.16. The molecule has 0 bridgehead atoms. The lowest BCUT2D eigenvalue weighted by Crippen LogP contribution is -2.15. The first-order valence-electron chi connectivity index (χ1n) is 9.44. The number of nitrogens with zero attached hydrogens (tertiary/aromatic N) is 3. The molecule has 2 N–H and O–H groups in total. The molecular weight excluding hydrogens is 410 g/mol. The third-order valence-electron chi connectivity index (χ3n) is 4.58. The van der Waals surface area contributed by atoms with E-state index in [4.69, 9.17) is 0 Å². The molecule has 31 heavy (non-hydrogen) atoms. The Morgan fingerprint density at radius 1 is 1.13 bits per heavy atom. The third kappa shape index (κ3) is 4.47. The van der Waals surface area contributed by atoms with E-state index in [-0.39, 0.29) is 17.0 Å². The van der Waals surface area contributed by atoms with E-state index < -0.39 is 0 Å². The molecule has 0 aliphatic heterocycles. The lowest BCUT2D eigenvalue weighted by atomic mass is 10.1. The van der Waals surface area contributed by atoms with E-state index >= 15 is 0 Å². The Bertz CT molecular complexity index is 1380. The first-order valence-corrected chi connectivity index (χ1v) is 10.4. The number of carbonyl (C=O) groups excluding carboxylic acids is 1. The van der Waals surface area contributed by atoms with Crippen molar-refractivity contribution in [2.75, 3.05) is 5.32 Å². The van der Waals surface area contributed by atoms with Crippen LogP contribution >= 0.6 is 11.8 Å². The van der Waals surface area contributed by atoms with Crippen molar-refractivity contribution in [3.8, 4) is 6.07 Å². The Hall–Kier alpha value is -3.96. The van der Waals surface area contributed by atoms with Gasteiger partial charge in [-0.15, -0.1) is 0 Å². The Morgan fingerprint density at radius 3 is 2.65 bits per heavy atom. The van der Waals surface area contributed by atoms with E-state index in [9.17, 15) is 14.9 Å². The fourth-order valence-corrected chi connectivity index (χ4v) is 3.93. The van der Waals surface area contributed by atoms with Gasteiger partial charge in [0, 0.05) is 5.69 Å². The summed E-state index contributed by atoms with van der Waals surface area (Å²) in [6, 6.07) is 19.8. The van der Waals surface area contributed by atoms with E-state index in [1.165, 1.54) is 11.8 Å². The van der Waals surface area contributed by atoms with E-state index in [1.54, 1.807) is 43.3 Å². The maximum atomic E-state index is 12.6. The number of nitrogens with one attached hydrogen (secondary N) is 2. The normalized spacial score (nSPS) is 10.6. The van der Waals surface area contributed by atoms with Crippen LogP contribution in [0.1, 0.15) is 27.4 Å². The maximum Gasteiger partial charge on any atom is 0.258 e. The van der Waals surface area contributed by atoms with E-state index in [0.717, 1.165) is 0 Å². The molecule has 0 spiro atoms. The number of rotatable bonds is 5. The number of H-pyrrole nitrogens is 1. The van der Waals surface area contributed by atoms with E-state index in [1.807, 2.05) is 24.3 Å². The van der Waals surface area contributed by atoms with Crippen molar-refractivity contribution in [1.82, 2.24) is 15.0 Å². The van der Waals surface area contributed by atoms with Crippen LogP contribution in [0, 0.1) is 18.3 Å². The summed E-state index contributed by atoms with van der Waals surface area (Å²) < 4.78 is 0. The Balaban J connectivity index is 1.57. The second-order valence-corrected chi connectivity index (χ2v) is 7.69. The molecular formula is C23H17N5O2S. The van der Waals surface area contributed by atoms with Crippen molar-refractivity contribution in [1.29, 1.82) is 5.26 Å². The molecule has 4 aromatic rings. The molecule has 2 heterocycles. The number of benzene rings is 2. The molecule has 2 aromatic carbocycles. The maximum absolute atomic E-state index is 12.6. The zero-order chi connectivity index (χ0) is 21.8. The predicted molar refractivity (Wildman–Crippen MR) is 120 cm³/mol. The highest BCUT2D eigenvalue weighted by molar-refractivity contribution is 7.98. The van der Waals surface area contributed by atoms with Crippen LogP contribution in [0.2, 0.25) is 0 Å². The van der Waals surface area contributed by atoms with Gasteiger partial charge in [-0.2, -0.15) is 5.26 Å². The minimum Gasteiger partial charge on any atom is -0.322 e. The highest BCUT2D eigenvalue weighted by atomic mass is 32.2. The van der Waals surface area contributed by atoms with E-state index in [2.05, 4.69) is 26.3 Å². The van der Waals surface area contributed by atoms with Gasteiger partial charge in [0.2, 0.25) is 0 Å². The topological polar surface area (TPSA) is 112 Å². The zero-order valence-corrected chi connectivity index (χ0v) is 17.4. The van der Waals surface area contributed by atoms with Crippen LogP contribution in [-0.4, -0.2) is 20.9 Å². The third-order valence-corrected chi connectivity index (χ3v) is 5.58. The number of hydrogen-bond donors (Lipinski definition) is 2. The summed E-state index contributed by atoms with van der Waals surface area (Å²) in [5, 5.41) is 13.4. The minimum atomic E-state index is -0.329. The van der Waals surface area contributed by atoms with Crippen LogP contribution in [0.3, 0.4) is 0 Å². The first kappa shape index (κ1) is 20.3. The molecule has 2 aromatic heterocycles. The van der Waals surface area contributed by atoms with Gasteiger partial charge in [-0.25, -0.2) is 9.97 Å². The summed E-state index contributed by atoms with van der Waals surface area (Å²) in [6.07, 6.45) is 0. The van der Waals surface area contributed by atoms with Gasteiger partial charge in [-0.05, 0) is 37.3 Å². The Kier molecular flexibility index (Phi) is 5.78. The van der Waals surface area contributed by atoms with Crippen LogP contribution in [0.5, 0.6) is 0 Å². The summed E-state index contributed by atoms with van der Waals surface area (Å²) in [7, 11) is 0. The number of aromatic nitrogens is 3. The van der Waals surface area contributed by atoms with Gasteiger partial charge in [0.25, 0.3) is 11.5 Å². The molecule has 0 aliphatic rings. The van der Waals surface area contributed by atoms with Gasteiger partial charge in [0.15, 0.2) is 0 Å². The zero-order valence-electron chi connectivity index (χ0n) is 16.5. The molecule has 0 radical (unpaired) electrons. The van der Waals surface area contributed by atoms with E-state index in [0.29, 0.717) is 44.5 Å². The summed E-state index contributed by atoms with van der Waals surface area (Å²) in [5.74, 6) is 0.490. The van der Waals surface area contributed by atoms with Gasteiger partial charge in [0.05, 0.1) is 33.5 Å². The molecule has 7 nitrogen and oxygen atoms in total. The molecule has 0 aliphatic carbocycles. The molecule has 0 saturated heterocycles. The number of thioether (sulfide) groups is 1. The summed E-state index contributed by atoms with van der Waals surface area (Å²) in [5.41, 5.74) is 2.20. The number of amides is 1. The lowest BCUT2D eigenvalue weighted by molar-refractivity contribution is 0.102. The fourth-order valence-electron chi connectivity index (χ4n) is 3.06. The number of pyridine rings is 1. The molecule has 0 fully saturated rings. The average molecular weight is 427 g/mol. The van der Waals surface area contributed by atoms with Crippen LogP contribution < -0.4 is 10.9 Å². The second-order valence-electron chi connectivity index (χ2n) is 6.72. The molecule has 0 unspecified atom stereocenters. The SMILES string of the molecule is Cc1nc(SCc2nc3ccccc3c(=O)[nH]2)c(C#N)cc1C(=O)Nc1ccccc1. The van der Waals surface area contributed by atoms with Crippen molar-refractivity contribution < 1.29 is 4.79 Å². The number of nitriles is 1. The van der Waals surface area contributed by atoms with Crippen LogP contribution in [0.15, 0.2) is 70.5 Å². The molecule has 1 amide bonds. The van der Waals surface area contributed by atoms with Gasteiger partial charge < -0.3 is 10.3 Å². The van der Waals surface area contributed by atoms with Crippen LogP contribution in [0.25, 0.3) is 10.9 Å².